The van der Waals surface area contributed by atoms with Crippen LogP contribution in [0.4, 0.5) is 0 Å². The number of amides is 1. The summed E-state index contributed by atoms with van der Waals surface area (Å²) >= 11 is 0. The normalized spacial score (nSPS) is 18.3. The van der Waals surface area contributed by atoms with Crippen LogP contribution in [0.15, 0.2) is 33.5 Å². The molecule has 1 amide bonds. The standard InChI is InChI=1S/C18H19NO6/c1-10-8-16(20)25-15-9-12(5-6-13(10)15)24-11(2)17(21)19-7-3-4-14(19)18(22)23/h5-6,8-9,11,14H,3-4,7H2,1-2H3,(H,22,23)/t11-,14-/m0/s1. The summed E-state index contributed by atoms with van der Waals surface area (Å²) in [6.07, 6.45) is 0.276. The summed E-state index contributed by atoms with van der Waals surface area (Å²) < 4.78 is 10.8. The number of hydrogen-bond acceptors (Lipinski definition) is 5. The van der Waals surface area contributed by atoms with Crippen LogP contribution in [0.2, 0.25) is 0 Å². The van der Waals surface area contributed by atoms with Crippen LogP contribution in [0.1, 0.15) is 25.3 Å². The van der Waals surface area contributed by atoms with Gasteiger partial charge in [-0.3, -0.25) is 4.79 Å². The third kappa shape index (κ3) is 3.35. The zero-order valence-corrected chi connectivity index (χ0v) is 14.0. The van der Waals surface area contributed by atoms with Crippen molar-refractivity contribution in [3.05, 3.63) is 40.2 Å². The molecule has 1 aromatic heterocycles. The maximum Gasteiger partial charge on any atom is 0.336 e. The molecule has 1 aliphatic rings. The summed E-state index contributed by atoms with van der Waals surface area (Å²) in [5.74, 6) is -0.982. The van der Waals surface area contributed by atoms with Gasteiger partial charge in [0.25, 0.3) is 5.91 Å². The largest absolute Gasteiger partial charge is 0.481 e. The molecule has 1 N–H and O–H groups in total. The zero-order chi connectivity index (χ0) is 18.1. The van der Waals surface area contributed by atoms with E-state index in [1.54, 1.807) is 25.1 Å². The number of aryl methyl sites for hydroxylation is 1. The first kappa shape index (κ1) is 17.0. The lowest BCUT2D eigenvalue weighted by molar-refractivity contribution is -0.150. The molecule has 1 saturated heterocycles. The molecule has 7 heteroatoms. The van der Waals surface area contributed by atoms with E-state index in [2.05, 4.69) is 0 Å². The van der Waals surface area contributed by atoms with Crippen LogP contribution in [0, 0.1) is 6.92 Å². The lowest BCUT2D eigenvalue weighted by atomic mass is 10.1. The fourth-order valence-corrected chi connectivity index (χ4v) is 3.15. The Kier molecular flexibility index (Phi) is 4.48. The first-order chi connectivity index (χ1) is 11.9. The highest BCUT2D eigenvalue weighted by atomic mass is 16.5. The first-order valence-corrected chi connectivity index (χ1v) is 8.11. The molecular formula is C18H19NO6. The second kappa shape index (κ2) is 6.58. The van der Waals surface area contributed by atoms with Crippen molar-refractivity contribution in [3.8, 4) is 5.75 Å². The third-order valence-electron chi connectivity index (χ3n) is 4.40. The molecule has 1 fully saturated rings. The van der Waals surface area contributed by atoms with Crippen LogP contribution in [-0.4, -0.2) is 40.6 Å². The molecule has 0 bridgehead atoms. The van der Waals surface area contributed by atoms with Crippen LogP contribution in [-0.2, 0) is 9.59 Å². The van der Waals surface area contributed by atoms with Gasteiger partial charge in [0.2, 0.25) is 0 Å². The molecule has 1 aliphatic heterocycles. The van der Waals surface area contributed by atoms with Crippen LogP contribution in [0.5, 0.6) is 5.75 Å². The van der Waals surface area contributed by atoms with Crippen LogP contribution in [0.3, 0.4) is 0 Å². The Balaban J connectivity index is 1.79. The number of ether oxygens (including phenoxy) is 1. The topological polar surface area (TPSA) is 97.0 Å². The summed E-state index contributed by atoms with van der Waals surface area (Å²) in [5, 5.41) is 9.99. The van der Waals surface area contributed by atoms with Gasteiger partial charge in [-0.2, -0.15) is 0 Å². The van der Waals surface area contributed by atoms with Crippen molar-refractivity contribution < 1.29 is 23.8 Å². The van der Waals surface area contributed by atoms with E-state index < -0.39 is 23.7 Å². The molecule has 2 aromatic rings. The van der Waals surface area contributed by atoms with Gasteiger partial charge < -0.3 is 19.2 Å². The number of carbonyl (C=O) groups is 2. The number of likely N-dealkylation sites (tertiary alicyclic amines) is 1. The van der Waals surface area contributed by atoms with Crippen molar-refractivity contribution in [2.75, 3.05) is 6.54 Å². The second-order valence-corrected chi connectivity index (χ2v) is 6.19. The molecule has 132 valence electrons. The maximum absolute atomic E-state index is 12.5. The predicted molar refractivity (Wildman–Crippen MR) is 89.7 cm³/mol. The van der Waals surface area contributed by atoms with Gasteiger partial charge in [-0.05, 0) is 44.4 Å². The predicted octanol–water partition coefficient (Wildman–Crippen LogP) is 1.94. The number of benzene rings is 1. The molecule has 7 nitrogen and oxygen atoms in total. The molecule has 2 heterocycles. The van der Waals surface area contributed by atoms with E-state index in [0.717, 1.165) is 10.9 Å². The van der Waals surface area contributed by atoms with Crippen molar-refractivity contribution in [1.82, 2.24) is 4.90 Å². The van der Waals surface area contributed by atoms with Crippen molar-refractivity contribution in [1.29, 1.82) is 0 Å². The lowest BCUT2D eigenvalue weighted by Crippen LogP contribution is -2.46. The molecule has 0 radical (unpaired) electrons. The molecule has 3 rings (SSSR count). The minimum atomic E-state index is -0.999. The summed E-state index contributed by atoms with van der Waals surface area (Å²) in [6.45, 7) is 3.80. The number of carboxylic acid groups (broad SMARTS) is 1. The molecule has 0 aliphatic carbocycles. The van der Waals surface area contributed by atoms with E-state index in [1.807, 2.05) is 6.92 Å². The Morgan fingerprint density at radius 2 is 2.12 bits per heavy atom. The SMILES string of the molecule is Cc1cc(=O)oc2cc(O[C@@H](C)C(=O)N3CCC[C@H]3C(=O)O)ccc12. The number of carboxylic acids is 1. The van der Waals surface area contributed by atoms with Gasteiger partial charge in [0.15, 0.2) is 6.10 Å². The minimum absolute atomic E-state index is 0.365. The molecule has 2 atom stereocenters. The summed E-state index contributed by atoms with van der Waals surface area (Å²) in [6, 6.07) is 5.63. The minimum Gasteiger partial charge on any atom is -0.481 e. The molecule has 0 spiro atoms. The lowest BCUT2D eigenvalue weighted by Gasteiger charge is -2.25. The second-order valence-electron chi connectivity index (χ2n) is 6.19. The number of nitrogens with zero attached hydrogens (tertiary/aromatic N) is 1. The van der Waals surface area contributed by atoms with Gasteiger partial charge in [0, 0.05) is 24.1 Å². The fraction of sp³-hybridized carbons (Fsp3) is 0.389. The Labute approximate surface area is 143 Å². The number of hydrogen-bond donors (Lipinski definition) is 1. The number of aliphatic carboxylic acids is 1. The summed E-state index contributed by atoms with van der Waals surface area (Å²) in [5.41, 5.74) is 0.725. The molecule has 0 unspecified atom stereocenters. The van der Waals surface area contributed by atoms with Crippen LogP contribution in [0.25, 0.3) is 11.0 Å². The van der Waals surface area contributed by atoms with Crippen molar-refractivity contribution in [2.24, 2.45) is 0 Å². The van der Waals surface area contributed by atoms with E-state index in [0.29, 0.717) is 30.7 Å². The average molecular weight is 345 g/mol. The van der Waals surface area contributed by atoms with Crippen molar-refractivity contribution in [2.45, 2.75) is 38.8 Å². The monoisotopic (exact) mass is 345 g/mol. The van der Waals surface area contributed by atoms with Gasteiger partial charge in [-0.15, -0.1) is 0 Å². The maximum atomic E-state index is 12.5. The van der Waals surface area contributed by atoms with Gasteiger partial charge in [0.05, 0.1) is 0 Å². The van der Waals surface area contributed by atoms with Crippen LogP contribution < -0.4 is 10.4 Å². The highest BCUT2D eigenvalue weighted by molar-refractivity contribution is 5.87. The van der Waals surface area contributed by atoms with E-state index in [-0.39, 0.29) is 5.91 Å². The Hall–Kier alpha value is -2.83. The molecule has 25 heavy (non-hydrogen) atoms. The van der Waals surface area contributed by atoms with E-state index in [1.165, 1.54) is 11.0 Å². The van der Waals surface area contributed by atoms with Gasteiger partial charge in [-0.25, -0.2) is 9.59 Å². The zero-order valence-electron chi connectivity index (χ0n) is 14.0. The third-order valence-corrected chi connectivity index (χ3v) is 4.40. The number of rotatable bonds is 4. The molecule has 1 aromatic carbocycles. The average Bonchev–Trinajstić information content (AvgIpc) is 3.03. The Morgan fingerprint density at radius 3 is 2.84 bits per heavy atom. The van der Waals surface area contributed by atoms with Crippen LogP contribution >= 0.6 is 0 Å². The fourth-order valence-electron chi connectivity index (χ4n) is 3.15. The first-order valence-electron chi connectivity index (χ1n) is 8.11. The van der Waals surface area contributed by atoms with Gasteiger partial charge in [-0.1, -0.05) is 0 Å². The van der Waals surface area contributed by atoms with Gasteiger partial charge in [0.1, 0.15) is 17.4 Å². The smallest absolute Gasteiger partial charge is 0.336 e. The quantitative estimate of drug-likeness (QED) is 0.851. The number of carbonyl (C=O) groups excluding carboxylic acids is 1. The Morgan fingerprint density at radius 1 is 1.36 bits per heavy atom. The number of fused-ring (bicyclic) bond motifs is 1. The summed E-state index contributed by atoms with van der Waals surface area (Å²) in [4.78, 5) is 36.6. The van der Waals surface area contributed by atoms with Crippen molar-refractivity contribution >= 4 is 22.8 Å². The Bertz CT molecular complexity index is 887. The highest BCUT2D eigenvalue weighted by Gasteiger charge is 2.36. The van der Waals surface area contributed by atoms with Crippen molar-refractivity contribution in [3.63, 3.8) is 0 Å². The summed E-state index contributed by atoms with van der Waals surface area (Å²) in [7, 11) is 0. The highest BCUT2D eigenvalue weighted by Crippen LogP contribution is 2.24. The van der Waals surface area contributed by atoms with E-state index in [9.17, 15) is 19.5 Å². The molecule has 0 saturated carbocycles. The van der Waals surface area contributed by atoms with E-state index >= 15 is 0 Å². The van der Waals surface area contributed by atoms with E-state index in [4.69, 9.17) is 9.15 Å². The van der Waals surface area contributed by atoms with Gasteiger partial charge >= 0.3 is 11.6 Å². The molecular weight excluding hydrogens is 326 g/mol.